The Bertz CT molecular complexity index is 516. The van der Waals surface area contributed by atoms with Crippen molar-refractivity contribution in [2.24, 2.45) is 5.92 Å². The van der Waals surface area contributed by atoms with Gasteiger partial charge in [-0.1, -0.05) is 32.4 Å². The molecule has 0 saturated carbocycles. The van der Waals surface area contributed by atoms with Crippen LogP contribution in [0, 0.1) is 5.92 Å². The first kappa shape index (κ1) is 18.7. The molecule has 1 aromatic carbocycles. The van der Waals surface area contributed by atoms with Crippen molar-refractivity contribution >= 4 is 5.91 Å². The molecule has 1 aliphatic heterocycles. The molecular formula is C19H30N2O3. The molecule has 1 fully saturated rings. The molecule has 0 spiro atoms. The van der Waals surface area contributed by atoms with Crippen molar-refractivity contribution in [3.05, 3.63) is 29.8 Å². The molecule has 5 nitrogen and oxygen atoms in total. The third-order valence-corrected chi connectivity index (χ3v) is 4.76. The fourth-order valence-corrected chi connectivity index (χ4v) is 3.32. The van der Waals surface area contributed by atoms with Crippen LogP contribution in [0.2, 0.25) is 0 Å². The number of piperidine rings is 1. The summed E-state index contributed by atoms with van der Waals surface area (Å²) in [5, 5.41) is 12.6. The van der Waals surface area contributed by atoms with Gasteiger partial charge in [-0.05, 0) is 43.0 Å². The minimum atomic E-state index is -0.0271. The van der Waals surface area contributed by atoms with Crippen LogP contribution in [-0.4, -0.2) is 48.8 Å². The Morgan fingerprint density at radius 1 is 1.33 bits per heavy atom. The fourth-order valence-electron chi connectivity index (χ4n) is 3.32. The fraction of sp³-hybridized carbons (Fsp3) is 0.632. The summed E-state index contributed by atoms with van der Waals surface area (Å²) in [7, 11) is 1.65. The molecule has 134 valence electrons. The van der Waals surface area contributed by atoms with E-state index in [4.69, 9.17) is 4.74 Å². The Hall–Kier alpha value is -1.59. The van der Waals surface area contributed by atoms with Gasteiger partial charge in [-0.25, -0.2) is 0 Å². The maximum absolute atomic E-state index is 12.5. The van der Waals surface area contributed by atoms with E-state index in [1.807, 2.05) is 24.3 Å². The summed E-state index contributed by atoms with van der Waals surface area (Å²) in [6.45, 7) is 5.57. The van der Waals surface area contributed by atoms with E-state index in [1.165, 1.54) is 0 Å². The number of hydrogen-bond donors (Lipinski definition) is 2. The van der Waals surface area contributed by atoms with E-state index in [0.29, 0.717) is 6.54 Å². The highest BCUT2D eigenvalue weighted by atomic mass is 16.5. The summed E-state index contributed by atoms with van der Waals surface area (Å²) in [5.74, 6) is 1.12. The highest BCUT2D eigenvalue weighted by Gasteiger charge is 2.25. The number of likely N-dealkylation sites (tertiary alicyclic amines) is 1. The van der Waals surface area contributed by atoms with Crippen molar-refractivity contribution in [2.75, 3.05) is 26.8 Å². The van der Waals surface area contributed by atoms with Crippen molar-refractivity contribution in [1.29, 1.82) is 0 Å². The molecule has 0 aromatic heterocycles. The van der Waals surface area contributed by atoms with Crippen LogP contribution in [0.25, 0.3) is 0 Å². The lowest BCUT2D eigenvalue weighted by molar-refractivity contribution is -0.124. The molecule has 0 radical (unpaired) electrons. The van der Waals surface area contributed by atoms with Gasteiger partial charge in [-0.2, -0.15) is 0 Å². The minimum Gasteiger partial charge on any atom is -0.497 e. The minimum absolute atomic E-state index is 0.0184. The number of aliphatic hydroxyl groups excluding tert-OH is 1. The Labute approximate surface area is 145 Å². The van der Waals surface area contributed by atoms with Gasteiger partial charge in [-0.15, -0.1) is 0 Å². The second-order valence-electron chi connectivity index (χ2n) is 6.87. The Balaban J connectivity index is 1.99. The number of aliphatic hydroxyl groups is 1. The highest BCUT2D eigenvalue weighted by molar-refractivity contribution is 5.78. The van der Waals surface area contributed by atoms with Crippen LogP contribution in [0.3, 0.4) is 0 Å². The van der Waals surface area contributed by atoms with Gasteiger partial charge in [0.1, 0.15) is 5.75 Å². The first-order valence-electron chi connectivity index (χ1n) is 8.83. The van der Waals surface area contributed by atoms with Gasteiger partial charge in [-0.3, -0.25) is 9.69 Å². The van der Waals surface area contributed by atoms with Crippen LogP contribution in [0.15, 0.2) is 24.3 Å². The summed E-state index contributed by atoms with van der Waals surface area (Å²) in [4.78, 5) is 14.6. The van der Waals surface area contributed by atoms with Crippen LogP contribution < -0.4 is 10.1 Å². The molecule has 1 heterocycles. The zero-order chi connectivity index (χ0) is 17.5. The molecule has 1 aromatic rings. The van der Waals surface area contributed by atoms with Gasteiger partial charge < -0.3 is 15.2 Å². The molecule has 5 heteroatoms. The van der Waals surface area contributed by atoms with E-state index in [0.717, 1.165) is 37.1 Å². The van der Waals surface area contributed by atoms with Gasteiger partial charge >= 0.3 is 0 Å². The van der Waals surface area contributed by atoms with E-state index in [9.17, 15) is 9.90 Å². The number of nitrogens with zero attached hydrogens (tertiary/aromatic N) is 1. The van der Waals surface area contributed by atoms with E-state index < -0.39 is 0 Å². The molecule has 2 rings (SSSR count). The third kappa shape index (κ3) is 4.95. The maximum atomic E-state index is 12.5. The topological polar surface area (TPSA) is 61.8 Å². The molecule has 1 aliphatic rings. The van der Waals surface area contributed by atoms with Crippen LogP contribution in [0.5, 0.6) is 5.75 Å². The molecule has 2 N–H and O–H groups in total. The average molecular weight is 334 g/mol. The first-order chi connectivity index (χ1) is 11.5. The van der Waals surface area contributed by atoms with Crippen LogP contribution >= 0.6 is 0 Å². The van der Waals surface area contributed by atoms with Crippen molar-refractivity contribution in [3.8, 4) is 5.75 Å². The maximum Gasteiger partial charge on any atom is 0.234 e. The van der Waals surface area contributed by atoms with Gasteiger partial charge in [0, 0.05) is 6.04 Å². The number of carbonyl (C=O) groups excluding carboxylic acids is 1. The lowest BCUT2D eigenvalue weighted by Crippen LogP contribution is -2.48. The zero-order valence-electron chi connectivity index (χ0n) is 15.0. The number of carbonyl (C=O) groups is 1. The Morgan fingerprint density at radius 3 is 2.62 bits per heavy atom. The molecule has 1 saturated heterocycles. The number of methoxy groups -OCH3 is 1. The Morgan fingerprint density at radius 2 is 2.04 bits per heavy atom. The Kier molecular flexibility index (Phi) is 7.06. The van der Waals surface area contributed by atoms with Crippen LogP contribution in [0.1, 0.15) is 44.7 Å². The first-order valence-corrected chi connectivity index (χ1v) is 8.83. The standard InChI is InChI=1S/C19H30N2O3/c1-14(2)19(15-7-9-17(24-3)10-8-15)20-18(23)12-21-11-5-4-6-16(21)13-22/h7-10,14,16,19,22H,4-6,11-13H2,1-3H3,(H,20,23). The van der Waals surface area contributed by atoms with Crippen LogP contribution in [0.4, 0.5) is 0 Å². The zero-order valence-corrected chi connectivity index (χ0v) is 15.0. The molecule has 1 amide bonds. The summed E-state index contributed by atoms with van der Waals surface area (Å²) < 4.78 is 5.20. The molecule has 24 heavy (non-hydrogen) atoms. The van der Waals surface area contributed by atoms with Gasteiger partial charge in [0.05, 0.1) is 26.3 Å². The van der Waals surface area contributed by atoms with E-state index in [2.05, 4.69) is 24.1 Å². The predicted molar refractivity (Wildman–Crippen MR) is 95.0 cm³/mol. The highest BCUT2D eigenvalue weighted by Crippen LogP contribution is 2.24. The number of benzene rings is 1. The molecule has 0 bridgehead atoms. The smallest absolute Gasteiger partial charge is 0.234 e. The van der Waals surface area contributed by atoms with Gasteiger partial charge in [0.15, 0.2) is 0 Å². The lowest BCUT2D eigenvalue weighted by atomic mass is 9.95. The second kappa shape index (κ2) is 9.04. The summed E-state index contributed by atoms with van der Waals surface area (Å²) >= 11 is 0. The number of ether oxygens (including phenoxy) is 1. The average Bonchev–Trinajstić information content (AvgIpc) is 2.60. The van der Waals surface area contributed by atoms with Gasteiger partial charge in [0.2, 0.25) is 5.91 Å². The molecule has 0 aliphatic carbocycles. The predicted octanol–water partition coefficient (Wildman–Crippen LogP) is 2.36. The number of rotatable bonds is 7. The molecule has 2 unspecified atom stereocenters. The number of hydrogen-bond acceptors (Lipinski definition) is 4. The van der Waals surface area contributed by atoms with Crippen molar-refractivity contribution in [1.82, 2.24) is 10.2 Å². The van der Waals surface area contributed by atoms with E-state index in [1.54, 1.807) is 7.11 Å². The van der Waals surface area contributed by atoms with Crippen molar-refractivity contribution < 1.29 is 14.6 Å². The normalized spacial score (nSPS) is 20.0. The SMILES string of the molecule is COc1ccc(C(NC(=O)CN2CCCCC2CO)C(C)C)cc1. The van der Waals surface area contributed by atoms with E-state index in [-0.39, 0.29) is 30.5 Å². The summed E-state index contributed by atoms with van der Waals surface area (Å²) in [6.07, 6.45) is 3.19. The number of amides is 1. The number of nitrogens with one attached hydrogen (secondary N) is 1. The van der Waals surface area contributed by atoms with Gasteiger partial charge in [0.25, 0.3) is 0 Å². The quantitative estimate of drug-likeness (QED) is 0.803. The monoisotopic (exact) mass is 334 g/mol. The van der Waals surface area contributed by atoms with E-state index >= 15 is 0 Å². The summed E-state index contributed by atoms with van der Waals surface area (Å²) in [6, 6.07) is 7.93. The van der Waals surface area contributed by atoms with Crippen molar-refractivity contribution in [3.63, 3.8) is 0 Å². The molecular weight excluding hydrogens is 304 g/mol. The largest absolute Gasteiger partial charge is 0.497 e. The molecule has 2 atom stereocenters. The van der Waals surface area contributed by atoms with Crippen molar-refractivity contribution in [2.45, 2.75) is 45.2 Å². The summed E-state index contributed by atoms with van der Waals surface area (Å²) in [5.41, 5.74) is 1.08. The lowest BCUT2D eigenvalue weighted by Gasteiger charge is -2.34. The third-order valence-electron chi connectivity index (χ3n) is 4.76. The second-order valence-corrected chi connectivity index (χ2v) is 6.87. The van der Waals surface area contributed by atoms with Crippen LogP contribution in [-0.2, 0) is 4.79 Å².